The maximum absolute atomic E-state index is 12.7. The molecule has 8 heteroatoms. The third kappa shape index (κ3) is 4.97. The fourth-order valence-corrected chi connectivity index (χ4v) is 4.20. The molecule has 1 aromatic carbocycles. The highest BCUT2D eigenvalue weighted by atomic mass is 35.5. The summed E-state index contributed by atoms with van der Waals surface area (Å²) in [7, 11) is -0.711. The molecule has 0 aromatic heterocycles. The highest BCUT2D eigenvalue weighted by Gasteiger charge is 2.27. The van der Waals surface area contributed by atoms with Crippen LogP contribution >= 0.6 is 12.4 Å². The number of hydrogen-bond donors (Lipinski definition) is 2. The minimum atomic E-state index is -3.67. The first-order valence-electron chi connectivity index (χ1n) is 7.43. The van der Waals surface area contributed by atoms with Crippen LogP contribution in [0.25, 0.3) is 0 Å². The molecule has 1 fully saturated rings. The van der Waals surface area contributed by atoms with Crippen LogP contribution in [0.2, 0.25) is 0 Å². The Hall–Kier alpha value is -1.02. The van der Waals surface area contributed by atoms with Crippen molar-refractivity contribution in [2.75, 3.05) is 27.3 Å². The van der Waals surface area contributed by atoms with E-state index in [9.17, 15) is 8.42 Å². The molecule has 0 bridgehead atoms. The lowest BCUT2D eigenvalue weighted by molar-refractivity contribution is 0.320. The second kappa shape index (κ2) is 8.73. The summed E-state index contributed by atoms with van der Waals surface area (Å²) >= 11 is 0. The minimum absolute atomic E-state index is 0. The lowest BCUT2D eigenvalue weighted by Gasteiger charge is -2.28. The fourth-order valence-electron chi connectivity index (χ4n) is 2.70. The number of piperidine rings is 1. The largest absolute Gasteiger partial charge is 0.497 e. The topological polar surface area (TPSA) is 76.7 Å². The van der Waals surface area contributed by atoms with E-state index in [1.165, 1.54) is 20.3 Å². The van der Waals surface area contributed by atoms with Crippen molar-refractivity contribution in [2.24, 2.45) is 5.92 Å². The number of methoxy groups -OCH3 is 2. The molecule has 132 valence electrons. The first kappa shape index (κ1) is 20.0. The lowest BCUT2D eigenvalue weighted by atomic mass is 9.94. The Balaban J connectivity index is 0.00000264. The van der Waals surface area contributed by atoms with Gasteiger partial charge in [-0.15, -0.1) is 12.4 Å². The molecule has 0 radical (unpaired) electrons. The average molecular weight is 365 g/mol. The second-order valence-corrected chi connectivity index (χ2v) is 7.22. The van der Waals surface area contributed by atoms with E-state index in [0.29, 0.717) is 17.4 Å². The number of ether oxygens (including phenoxy) is 2. The summed E-state index contributed by atoms with van der Waals surface area (Å²) in [5.74, 6) is 1.08. The van der Waals surface area contributed by atoms with Crippen molar-refractivity contribution in [3.63, 3.8) is 0 Å². The van der Waals surface area contributed by atoms with Gasteiger partial charge in [-0.2, -0.15) is 0 Å². The molecule has 1 aliphatic heterocycles. The van der Waals surface area contributed by atoms with Gasteiger partial charge in [0.05, 0.1) is 14.2 Å². The zero-order valence-electron chi connectivity index (χ0n) is 13.7. The monoisotopic (exact) mass is 364 g/mol. The van der Waals surface area contributed by atoms with Gasteiger partial charge in [0, 0.05) is 12.1 Å². The zero-order chi connectivity index (χ0) is 16.2. The molecule has 0 aliphatic carbocycles. The Morgan fingerprint density at radius 3 is 2.61 bits per heavy atom. The second-order valence-electron chi connectivity index (χ2n) is 5.53. The van der Waals surface area contributed by atoms with Crippen LogP contribution in [0.3, 0.4) is 0 Å². The van der Waals surface area contributed by atoms with Gasteiger partial charge in [-0.05, 0) is 50.9 Å². The van der Waals surface area contributed by atoms with Gasteiger partial charge in [0.25, 0.3) is 0 Å². The summed E-state index contributed by atoms with van der Waals surface area (Å²) in [5, 5.41) is 3.30. The van der Waals surface area contributed by atoms with Crippen molar-refractivity contribution in [1.82, 2.24) is 10.0 Å². The van der Waals surface area contributed by atoms with Gasteiger partial charge in [-0.3, -0.25) is 0 Å². The van der Waals surface area contributed by atoms with Crippen molar-refractivity contribution in [3.05, 3.63) is 18.2 Å². The Bertz CT molecular complexity index is 603. The predicted octanol–water partition coefficient (Wildman–Crippen LogP) is 1.79. The summed E-state index contributed by atoms with van der Waals surface area (Å²) in [6.07, 6.45) is 2.09. The van der Waals surface area contributed by atoms with Crippen LogP contribution in [-0.2, 0) is 10.0 Å². The predicted molar refractivity (Wildman–Crippen MR) is 92.2 cm³/mol. The zero-order valence-corrected chi connectivity index (χ0v) is 15.3. The van der Waals surface area contributed by atoms with E-state index in [1.807, 2.05) is 6.92 Å². The molecule has 2 unspecified atom stereocenters. The van der Waals surface area contributed by atoms with Crippen molar-refractivity contribution in [1.29, 1.82) is 0 Å². The molecule has 1 heterocycles. The van der Waals surface area contributed by atoms with Crippen LogP contribution < -0.4 is 19.5 Å². The number of sulfonamides is 1. The number of hydrogen-bond acceptors (Lipinski definition) is 5. The molecule has 2 rings (SSSR count). The fraction of sp³-hybridized carbons (Fsp3) is 0.600. The molecule has 1 aliphatic rings. The van der Waals surface area contributed by atoms with E-state index in [4.69, 9.17) is 9.47 Å². The third-order valence-corrected chi connectivity index (χ3v) is 5.62. The quantitative estimate of drug-likeness (QED) is 0.804. The van der Waals surface area contributed by atoms with Gasteiger partial charge in [-0.25, -0.2) is 13.1 Å². The van der Waals surface area contributed by atoms with Gasteiger partial charge in [0.15, 0.2) is 0 Å². The standard InChI is InChI=1S/C15H24N2O4S.ClH/c1-11(12-5-4-8-16-10-12)17-22(18,19)15-9-13(20-2)6-7-14(15)21-3;/h6-7,9,11-12,16-17H,4-5,8,10H2,1-3H3;1H. The molecule has 0 spiro atoms. The number of halogens is 1. The van der Waals surface area contributed by atoms with Gasteiger partial charge in [-0.1, -0.05) is 0 Å². The minimum Gasteiger partial charge on any atom is -0.497 e. The number of rotatable bonds is 6. The molecule has 23 heavy (non-hydrogen) atoms. The van der Waals surface area contributed by atoms with E-state index in [-0.39, 0.29) is 23.3 Å². The lowest BCUT2D eigenvalue weighted by Crippen LogP contribution is -2.44. The van der Waals surface area contributed by atoms with E-state index < -0.39 is 10.0 Å². The maximum Gasteiger partial charge on any atom is 0.244 e. The van der Waals surface area contributed by atoms with Gasteiger partial charge < -0.3 is 14.8 Å². The van der Waals surface area contributed by atoms with E-state index in [1.54, 1.807) is 12.1 Å². The Labute approximate surface area is 144 Å². The van der Waals surface area contributed by atoms with Crippen molar-refractivity contribution in [2.45, 2.75) is 30.7 Å². The Morgan fingerprint density at radius 1 is 1.30 bits per heavy atom. The highest BCUT2D eigenvalue weighted by molar-refractivity contribution is 7.89. The van der Waals surface area contributed by atoms with E-state index in [2.05, 4.69) is 10.0 Å². The molecular formula is C15H25ClN2O4S. The summed E-state index contributed by atoms with van der Waals surface area (Å²) < 4.78 is 38.4. The molecule has 2 atom stereocenters. The summed E-state index contributed by atoms with van der Waals surface area (Å²) in [6, 6.07) is 4.60. The van der Waals surface area contributed by atoms with Crippen molar-refractivity contribution in [3.8, 4) is 11.5 Å². The molecule has 6 nitrogen and oxygen atoms in total. The first-order chi connectivity index (χ1) is 10.5. The van der Waals surface area contributed by atoms with Crippen LogP contribution in [0, 0.1) is 5.92 Å². The van der Waals surface area contributed by atoms with Gasteiger partial charge >= 0.3 is 0 Å². The normalized spacial score (nSPS) is 19.5. The highest BCUT2D eigenvalue weighted by Crippen LogP contribution is 2.28. The molecule has 1 saturated heterocycles. The maximum atomic E-state index is 12.7. The van der Waals surface area contributed by atoms with Gasteiger partial charge in [0.2, 0.25) is 10.0 Å². The molecular weight excluding hydrogens is 340 g/mol. The molecule has 2 N–H and O–H groups in total. The van der Waals surface area contributed by atoms with E-state index >= 15 is 0 Å². The number of benzene rings is 1. The van der Waals surface area contributed by atoms with Crippen LogP contribution in [0.4, 0.5) is 0 Å². The smallest absolute Gasteiger partial charge is 0.244 e. The number of nitrogens with one attached hydrogen (secondary N) is 2. The third-order valence-electron chi connectivity index (χ3n) is 4.04. The Kier molecular flexibility index (Phi) is 7.60. The summed E-state index contributed by atoms with van der Waals surface area (Å²) in [5.41, 5.74) is 0. The summed E-state index contributed by atoms with van der Waals surface area (Å²) in [6.45, 7) is 3.74. The van der Waals surface area contributed by atoms with Crippen LogP contribution in [0.5, 0.6) is 11.5 Å². The molecule has 0 amide bonds. The van der Waals surface area contributed by atoms with Gasteiger partial charge in [0.1, 0.15) is 16.4 Å². The van der Waals surface area contributed by atoms with Crippen LogP contribution in [0.1, 0.15) is 19.8 Å². The first-order valence-corrected chi connectivity index (χ1v) is 8.91. The van der Waals surface area contributed by atoms with Crippen molar-refractivity contribution < 1.29 is 17.9 Å². The van der Waals surface area contributed by atoms with Crippen LogP contribution in [-0.4, -0.2) is 41.8 Å². The van der Waals surface area contributed by atoms with E-state index in [0.717, 1.165) is 25.9 Å². The van der Waals surface area contributed by atoms with Crippen LogP contribution in [0.15, 0.2) is 23.1 Å². The Morgan fingerprint density at radius 2 is 2.04 bits per heavy atom. The SMILES string of the molecule is COc1ccc(OC)c(S(=O)(=O)NC(C)C2CCCNC2)c1.Cl. The molecule has 0 saturated carbocycles. The molecule has 1 aromatic rings. The average Bonchev–Trinajstić information content (AvgIpc) is 2.54. The summed E-state index contributed by atoms with van der Waals surface area (Å²) in [4.78, 5) is 0.102. The van der Waals surface area contributed by atoms with Crippen molar-refractivity contribution >= 4 is 22.4 Å².